The summed E-state index contributed by atoms with van der Waals surface area (Å²) in [6.45, 7) is 6.82. The summed E-state index contributed by atoms with van der Waals surface area (Å²) in [5.74, 6) is 2.90. The Labute approximate surface area is 174 Å². The Morgan fingerprint density at radius 2 is 1.96 bits per heavy atom. The summed E-state index contributed by atoms with van der Waals surface area (Å²) in [7, 11) is 1.65. The van der Waals surface area contributed by atoms with Crippen LogP contribution in [-0.4, -0.2) is 23.7 Å². The predicted molar refractivity (Wildman–Crippen MR) is 117 cm³/mol. The van der Waals surface area contributed by atoms with E-state index in [-0.39, 0.29) is 6.04 Å². The van der Waals surface area contributed by atoms with Gasteiger partial charge in [0.15, 0.2) is 11.5 Å². The van der Waals surface area contributed by atoms with E-state index in [2.05, 4.69) is 57.2 Å². The second-order valence-corrected chi connectivity index (χ2v) is 7.68. The SMILES string of the molecule is CCCCOc1cc2nc(C)nc(N[C@H](C)c3cccc(Br)c3)c2cc1OC. The van der Waals surface area contributed by atoms with Crippen molar-refractivity contribution in [3.05, 3.63) is 52.3 Å². The Hall–Kier alpha value is -2.34. The molecule has 0 fully saturated rings. The molecule has 0 saturated heterocycles. The fraction of sp³-hybridized carbons (Fsp3) is 0.364. The normalized spacial score (nSPS) is 12.0. The first kappa shape index (κ1) is 20.4. The summed E-state index contributed by atoms with van der Waals surface area (Å²) in [6.07, 6.45) is 2.08. The Balaban J connectivity index is 1.97. The molecule has 28 heavy (non-hydrogen) atoms. The highest BCUT2D eigenvalue weighted by Gasteiger charge is 2.15. The molecular weight excluding hydrogens is 418 g/mol. The van der Waals surface area contributed by atoms with Gasteiger partial charge in [0, 0.05) is 15.9 Å². The molecule has 0 aliphatic rings. The van der Waals surface area contributed by atoms with Crippen LogP contribution in [0.5, 0.6) is 11.5 Å². The van der Waals surface area contributed by atoms with E-state index in [9.17, 15) is 0 Å². The number of benzene rings is 2. The average molecular weight is 444 g/mol. The maximum Gasteiger partial charge on any atom is 0.163 e. The first-order valence-corrected chi connectivity index (χ1v) is 10.3. The first-order chi connectivity index (χ1) is 13.5. The van der Waals surface area contributed by atoms with Crippen LogP contribution in [0.25, 0.3) is 10.9 Å². The maximum atomic E-state index is 5.91. The molecular formula is C22H26BrN3O2. The second-order valence-electron chi connectivity index (χ2n) is 6.76. The van der Waals surface area contributed by atoms with Gasteiger partial charge in [-0.3, -0.25) is 0 Å². The van der Waals surface area contributed by atoms with Crippen molar-refractivity contribution >= 4 is 32.7 Å². The van der Waals surface area contributed by atoms with E-state index in [1.165, 1.54) is 5.56 Å². The van der Waals surface area contributed by atoms with Crippen LogP contribution in [0.15, 0.2) is 40.9 Å². The zero-order valence-corrected chi connectivity index (χ0v) is 18.3. The van der Waals surface area contributed by atoms with Crippen LogP contribution in [-0.2, 0) is 0 Å². The van der Waals surface area contributed by atoms with Crippen molar-refractivity contribution in [2.24, 2.45) is 0 Å². The van der Waals surface area contributed by atoms with Crippen molar-refractivity contribution in [1.29, 1.82) is 0 Å². The van der Waals surface area contributed by atoms with E-state index in [1.807, 2.05) is 31.2 Å². The van der Waals surface area contributed by atoms with Gasteiger partial charge < -0.3 is 14.8 Å². The van der Waals surface area contributed by atoms with Gasteiger partial charge in [0.1, 0.15) is 11.6 Å². The van der Waals surface area contributed by atoms with Crippen molar-refractivity contribution in [2.45, 2.75) is 39.7 Å². The van der Waals surface area contributed by atoms with Crippen molar-refractivity contribution in [1.82, 2.24) is 9.97 Å². The van der Waals surface area contributed by atoms with Gasteiger partial charge in [0.25, 0.3) is 0 Å². The number of anilines is 1. The highest BCUT2D eigenvalue weighted by atomic mass is 79.9. The maximum absolute atomic E-state index is 5.91. The van der Waals surface area contributed by atoms with Crippen LogP contribution in [0.2, 0.25) is 0 Å². The summed E-state index contributed by atoms with van der Waals surface area (Å²) < 4.78 is 12.5. The zero-order valence-electron chi connectivity index (χ0n) is 16.8. The number of aryl methyl sites for hydroxylation is 1. The first-order valence-electron chi connectivity index (χ1n) is 9.53. The third kappa shape index (κ3) is 4.73. The summed E-state index contributed by atoms with van der Waals surface area (Å²) in [4.78, 5) is 9.24. The summed E-state index contributed by atoms with van der Waals surface area (Å²) in [5, 5.41) is 4.43. The lowest BCUT2D eigenvalue weighted by Gasteiger charge is -2.18. The molecule has 3 aromatic rings. The standard InChI is InChI=1S/C22H26BrN3O2/c1-5-6-10-28-21-13-19-18(12-20(21)27-4)22(26-15(3)25-19)24-14(2)16-8-7-9-17(23)11-16/h7-9,11-14H,5-6,10H2,1-4H3,(H,24,25,26)/t14-/m1/s1. The lowest BCUT2D eigenvalue weighted by molar-refractivity contribution is 0.289. The average Bonchev–Trinajstić information content (AvgIpc) is 2.67. The van der Waals surface area contributed by atoms with Gasteiger partial charge in [0.05, 0.1) is 25.3 Å². The van der Waals surface area contributed by atoms with Crippen molar-refractivity contribution in [3.8, 4) is 11.5 Å². The molecule has 1 aromatic heterocycles. The molecule has 2 aromatic carbocycles. The van der Waals surface area contributed by atoms with Crippen LogP contribution in [0.3, 0.4) is 0 Å². The van der Waals surface area contributed by atoms with E-state index in [1.54, 1.807) is 7.11 Å². The molecule has 3 rings (SSSR count). The fourth-order valence-electron chi connectivity index (χ4n) is 3.03. The minimum atomic E-state index is 0.0847. The number of ether oxygens (including phenoxy) is 2. The minimum absolute atomic E-state index is 0.0847. The summed E-state index contributed by atoms with van der Waals surface area (Å²) in [5.41, 5.74) is 2.01. The van der Waals surface area contributed by atoms with Crippen LogP contribution in [0.4, 0.5) is 5.82 Å². The molecule has 0 saturated carbocycles. The van der Waals surface area contributed by atoms with Gasteiger partial charge >= 0.3 is 0 Å². The molecule has 0 bridgehead atoms. The molecule has 1 atom stereocenters. The monoisotopic (exact) mass is 443 g/mol. The molecule has 0 aliphatic heterocycles. The van der Waals surface area contributed by atoms with Gasteiger partial charge in [0.2, 0.25) is 0 Å². The molecule has 1 N–H and O–H groups in total. The number of nitrogens with one attached hydrogen (secondary N) is 1. The van der Waals surface area contributed by atoms with E-state index in [0.29, 0.717) is 23.9 Å². The number of fused-ring (bicyclic) bond motifs is 1. The number of aromatic nitrogens is 2. The van der Waals surface area contributed by atoms with Crippen LogP contribution >= 0.6 is 15.9 Å². The van der Waals surface area contributed by atoms with E-state index in [0.717, 1.165) is 34.0 Å². The lowest BCUT2D eigenvalue weighted by Crippen LogP contribution is -2.10. The van der Waals surface area contributed by atoms with Crippen LogP contribution in [0.1, 0.15) is 44.1 Å². The van der Waals surface area contributed by atoms with Crippen molar-refractivity contribution in [3.63, 3.8) is 0 Å². The Kier molecular flexibility index (Phi) is 6.73. The van der Waals surface area contributed by atoms with Gasteiger partial charge in [-0.2, -0.15) is 0 Å². The van der Waals surface area contributed by atoms with E-state index in [4.69, 9.17) is 9.47 Å². The molecule has 1 heterocycles. The number of hydrogen-bond acceptors (Lipinski definition) is 5. The Morgan fingerprint density at radius 3 is 2.68 bits per heavy atom. The number of unbranched alkanes of at least 4 members (excludes halogenated alkanes) is 1. The number of rotatable bonds is 8. The summed E-state index contributed by atoms with van der Waals surface area (Å²) in [6, 6.07) is 12.2. The third-order valence-corrected chi connectivity index (χ3v) is 5.04. The van der Waals surface area contributed by atoms with Gasteiger partial charge in [-0.05, 0) is 44.0 Å². The molecule has 0 unspecified atom stereocenters. The fourth-order valence-corrected chi connectivity index (χ4v) is 3.44. The highest BCUT2D eigenvalue weighted by molar-refractivity contribution is 9.10. The van der Waals surface area contributed by atoms with Gasteiger partial charge in [-0.15, -0.1) is 0 Å². The zero-order chi connectivity index (χ0) is 20.1. The number of hydrogen-bond donors (Lipinski definition) is 1. The minimum Gasteiger partial charge on any atom is -0.493 e. The molecule has 6 heteroatoms. The number of halogens is 1. The molecule has 0 spiro atoms. The molecule has 5 nitrogen and oxygen atoms in total. The van der Waals surface area contributed by atoms with Crippen LogP contribution in [0, 0.1) is 6.92 Å². The number of methoxy groups -OCH3 is 1. The van der Waals surface area contributed by atoms with Crippen LogP contribution < -0.4 is 14.8 Å². The molecule has 148 valence electrons. The molecule has 0 aliphatic carbocycles. The smallest absolute Gasteiger partial charge is 0.163 e. The quantitative estimate of drug-likeness (QED) is 0.428. The Morgan fingerprint density at radius 1 is 1.14 bits per heavy atom. The van der Waals surface area contributed by atoms with Crippen molar-refractivity contribution in [2.75, 3.05) is 19.0 Å². The largest absolute Gasteiger partial charge is 0.493 e. The van der Waals surface area contributed by atoms with Crippen molar-refractivity contribution < 1.29 is 9.47 Å². The van der Waals surface area contributed by atoms with Gasteiger partial charge in [-0.25, -0.2) is 9.97 Å². The highest BCUT2D eigenvalue weighted by Crippen LogP contribution is 2.35. The molecule has 0 radical (unpaired) electrons. The third-order valence-electron chi connectivity index (χ3n) is 4.55. The summed E-state index contributed by atoms with van der Waals surface area (Å²) >= 11 is 3.54. The van der Waals surface area contributed by atoms with E-state index >= 15 is 0 Å². The topological polar surface area (TPSA) is 56.3 Å². The Bertz CT molecular complexity index is 962. The predicted octanol–water partition coefficient (Wildman–Crippen LogP) is 6.06. The number of nitrogens with zero attached hydrogens (tertiary/aromatic N) is 2. The lowest BCUT2D eigenvalue weighted by atomic mass is 10.1. The second kappa shape index (κ2) is 9.24. The van der Waals surface area contributed by atoms with Gasteiger partial charge in [-0.1, -0.05) is 41.4 Å². The van der Waals surface area contributed by atoms with E-state index < -0.39 is 0 Å². The molecule has 0 amide bonds.